The van der Waals surface area contributed by atoms with Crippen LogP contribution < -0.4 is 10.6 Å². The first kappa shape index (κ1) is 17.2. The number of benzene rings is 1. The number of halogens is 2. The SMILES string of the molecule is CC(CCCC(=O)O)NC(=O)NCc1ccc(F)c(Cl)c1. The lowest BCUT2D eigenvalue weighted by Gasteiger charge is -2.14. The fraction of sp³-hybridized carbons (Fsp3) is 0.429. The van der Waals surface area contributed by atoms with Gasteiger partial charge in [-0.15, -0.1) is 0 Å². The minimum Gasteiger partial charge on any atom is -0.481 e. The first-order chi connectivity index (χ1) is 9.88. The summed E-state index contributed by atoms with van der Waals surface area (Å²) in [4.78, 5) is 22.0. The van der Waals surface area contributed by atoms with Gasteiger partial charge in [-0.1, -0.05) is 17.7 Å². The molecule has 1 aromatic rings. The van der Waals surface area contributed by atoms with Gasteiger partial charge in [0, 0.05) is 19.0 Å². The number of urea groups is 1. The fourth-order valence-electron chi connectivity index (χ4n) is 1.74. The van der Waals surface area contributed by atoms with Crippen molar-refractivity contribution in [2.45, 2.75) is 38.8 Å². The molecule has 1 atom stereocenters. The molecule has 0 saturated heterocycles. The van der Waals surface area contributed by atoms with Crippen molar-refractivity contribution in [2.24, 2.45) is 0 Å². The molecule has 0 bridgehead atoms. The Hall–Kier alpha value is -1.82. The normalized spacial score (nSPS) is 11.8. The standard InChI is InChI=1S/C14H18ClFN2O3/c1-9(3-2-4-13(19)20)18-14(21)17-8-10-5-6-12(16)11(15)7-10/h5-7,9H,2-4,8H2,1H3,(H,19,20)(H2,17,18,21). The molecule has 1 aromatic carbocycles. The monoisotopic (exact) mass is 316 g/mol. The highest BCUT2D eigenvalue weighted by molar-refractivity contribution is 6.30. The lowest BCUT2D eigenvalue weighted by atomic mass is 10.1. The van der Waals surface area contributed by atoms with Crippen LogP contribution in [0, 0.1) is 5.82 Å². The number of carboxylic acids is 1. The molecule has 3 N–H and O–H groups in total. The lowest BCUT2D eigenvalue weighted by Crippen LogP contribution is -2.40. The van der Waals surface area contributed by atoms with Crippen molar-refractivity contribution in [2.75, 3.05) is 0 Å². The van der Waals surface area contributed by atoms with Crippen molar-refractivity contribution in [1.82, 2.24) is 10.6 Å². The first-order valence-electron chi connectivity index (χ1n) is 6.58. The highest BCUT2D eigenvalue weighted by Crippen LogP contribution is 2.15. The second-order valence-corrected chi connectivity index (χ2v) is 5.17. The fourth-order valence-corrected chi connectivity index (χ4v) is 1.94. The van der Waals surface area contributed by atoms with Crippen LogP contribution in [0.2, 0.25) is 5.02 Å². The topological polar surface area (TPSA) is 78.4 Å². The number of carboxylic acid groups (broad SMARTS) is 1. The second kappa shape index (κ2) is 8.46. The van der Waals surface area contributed by atoms with E-state index in [1.54, 1.807) is 6.92 Å². The molecule has 1 rings (SSSR count). The summed E-state index contributed by atoms with van der Waals surface area (Å²) in [7, 11) is 0. The van der Waals surface area contributed by atoms with Crippen LogP contribution in [0.3, 0.4) is 0 Å². The molecule has 1 unspecified atom stereocenters. The summed E-state index contributed by atoms with van der Waals surface area (Å²) in [5.41, 5.74) is 0.690. The zero-order chi connectivity index (χ0) is 15.8. The van der Waals surface area contributed by atoms with Gasteiger partial charge in [0.1, 0.15) is 5.82 Å². The number of rotatable bonds is 7. The average Bonchev–Trinajstić information content (AvgIpc) is 2.39. The van der Waals surface area contributed by atoms with E-state index in [0.717, 1.165) is 0 Å². The third-order valence-corrected chi connectivity index (χ3v) is 3.13. The van der Waals surface area contributed by atoms with Gasteiger partial charge in [0.25, 0.3) is 0 Å². The highest BCUT2D eigenvalue weighted by Gasteiger charge is 2.08. The van der Waals surface area contributed by atoms with Gasteiger partial charge in [-0.25, -0.2) is 9.18 Å². The van der Waals surface area contributed by atoms with E-state index in [9.17, 15) is 14.0 Å². The number of aliphatic carboxylic acids is 1. The summed E-state index contributed by atoms with van der Waals surface area (Å²) in [5, 5.41) is 13.9. The van der Waals surface area contributed by atoms with Crippen molar-refractivity contribution in [3.63, 3.8) is 0 Å². The molecule has 0 spiro atoms. The number of carbonyl (C=O) groups excluding carboxylic acids is 1. The maximum absolute atomic E-state index is 13.0. The second-order valence-electron chi connectivity index (χ2n) is 4.76. The van der Waals surface area contributed by atoms with Gasteiger partial charge in [0.15, 0.2) is 0 Å². The van der Waals surface area contributed by atoms with Crippen LogP contribution >= 0.6 is 11.6 Å². The van der Waals surface area contributed by atoms with E-state index in [1.165, 1.54) is 18.2 Å². The molecule has 7 heteroatoms. The van der Waals surface area contributed by atoms with E-state index in [-0.39, 0.29) is 30.1 Å². The van der Waals surface area contributed by atoms with Gasteiger partial charge in [-0.05, 0) is 37.5 Å². The van der Waals surface area contributed by atoms with Gasteiger partial charge in [-0.3, -0.25) is 4.79 Å². The molecule has 0 fully saturated rings. The molecule has 2 amide bonds. The molecular formula is C14H18ClFN2O3. The van der Waals surface area contributed by atoms with Gasteiger partial charge < -0.3 is 15.7 Å². The molecule has 0 saturated carbocycles. The minimum absolute atomic E-state index is 0.0109. The van der Waals surface area contributed by atoms with Crippen LogP contribution in [0.15, 0.2) is 18.2 Å². The summed E-state index contributed by atoms with van der Waals surface area (Å²) in [6, 6.07) is 3.75. The number of hydrogen-bond donors (Lipinski definition) is 3. The van der Waals surface area contributed by atoms with Crippen LogP contribution in [0.4, 0.5) is 9.18 Å². The summed E-state index contributed by atoms with van der Waals surface area (Å²) in [5.74, 6) is -1.35. The summed E-state index contributed by atoms with van der Waals surface area (Å²) in [6.07, 6.45) is 1.17. The zero-order valence-corrected chi connectivity index (χ0v) is 12.4. The molecule has 0 aliphatic carbocycles. The van der Waals surface area contributed by atoms with E-state index in [4.69, 9.17) is 16.7 Å². The Bertz CT molecular complexity index is 511. The molecule has 116 valence electrons. The molecule has 21 heavy (non-hydrogen) atoms. The van der Waals surface area contributed by atoms with Crippen LogP contribution in [0.25, 0.3) is 0 Å². The largest absolute Gasteiger partial charge is 0.481 e. The average molecular weight is 317 g/mol. The lowest BCUT2D eigenvalue weighted by molar-refractivity contribution is -0.137. The van der Waals surface area contributed by atoms with Gasteiger partial charge in [0.2, 0.25) is 0 Å². The third-order valence-electron chi connectivity index (χ3n) is 2.84. The number of nitrogens with one attached hydrogen (secondary N) is 2. The molecule has 0 aromatic heterocycles. The molecule has 0 heterocycles. The van der Waals surface area contributed by atoms with Crippen molar-refractivity contribution < 1.29 is 19.1 Å². The van der Waals surface area contributed by atoms with Crippen LogP contribution in [0.1, 0.15) is 31.7 Å². The smallest absolute Gasteiger partial charge is 0.315 e. The van der Waals surface area contributed by atoms with Gasteiger partial charge in [0.05, 0.1) is 5.02 Å². The summed E-state index contributed by atoms with van der Waals surface area (Å²) < 4.78 is 13.0. The van der Waals surface area contributed by atoms with Crippen molar-refractivity contribution >= 4 is 23.6 Å². The Labute approximate surface area is 127 Å². The Kier molecular flexibility index (Phi) is 6.94. The molecule has 5 nitrogen and oxygen atoms in total. The Morgan fingerprint density at radius 2 is 2.14 bits per heavy atom. The van der Waals surface area contributed by atoms with Crippen LogP contribution in [-0.4, -0.2) is 23.1 Å². The maximum Gasteiger partial charge on any atom is 0.315 e. The van der Waals surface area contributed by atoms with E-state index >= 15 is 0 Å². The van der Waals surface area contributed by atoms with Gasteiger partial charge >= 0.3 is 12.0 Å². The van der Waals surface area contributed by atoms with Crippen molar-refractivity contribution in [3.05, 3.63) is 34.6 Å². The number of amides is 2. The van der Waals surface area contributed by atoms with E-state index in [0.29, 0.717) is 18.4 Å². The quantitative estimate of drug-likeness (QED) is 0.723. The van der Waals surface area contributed by atoms with Gasteiger partial charge in [-0.2, -0.15) is 0 Å². The molecule has 0 radical (unpaired) electrons. The molecular weight excluding hydrogens is 299 g/mol. The highest BCUT2D eigenvalue weighted by atomic mass is 35.5. The van der Waals surface area contributed by atoms with Crippen molar-refractivity contribution in [1.29, 1.82) is 0 Å². The van der Waals surface area contributed by atoms with Crippen LogP contribution in [-0.2, 0) is 11.3 Å². The maximum atomic E-state index is 13.0. The van der Waals surface area contributed by atoms with E-state index in [2.05, 4.69) is 10.6 Å². The van der Waals surface area contributed by atoms with Crippen molar-refractivity contribution in [3.8, 4) is 0 Å². The number of carbonyl (C=O) groups is 2. The minimum atomic E-state index is -0.847. The molecule has 0 aliphatic rings. The first-order valence-corrected chi connectivity index (χ1v) is 6.96. The van der Waals surface area contributed by atoms with Crippen LogP contribution in [0.5, 0.6) is 0 Å². The molecule has 0 aliphatic heterocycles. The summed E-state index contributed by atoms with van der Waals surface area (Å²) in [6.45, 7) is 2.03. The third kappa shape index (κ3) is 6.94. The van der Waals surface area contributed by atoms with E-state index < -0.39 is 11.8 Å². The Morgan fingerprint density at radius 1 is 1.43 bits per heavy atom. The van der Waals surface area contributed by atoms with E-state index in [1.807, 2.05) is 0 Å². The Balaban J connectivity index is 2.30. The summed E-state index contributed by atoms with van der Waals surface area (Å²) >= 11 is 5.64. The number of hydrogen-bond acceptors (Lipinski definition) is 2. The predicted octanol–water partition coefficient (Wildman–Crippen LogP) is 2.92. The predicted molar refractivity (Wildman–Crippen MR) is 77.7 cm³/mol. The zero-order valence-electron chi connectivity index (χ0n) is 11.7. The Morgan fingerprint density at radius 3 is 2.76 bits per heavy atom.